The van der Waals surface area contributed by atoms with Crippen LogP contribution >= 0.6 is 23.2 Å². The van der Waals surface area contributed by atoms with Gasteiger partial charge in [0.1, 0.15) is 5.82 Å². The van der Waals surface area contributed by atoms with Gasteiger partial charge in [0.15, 0.2) is 0 Å². The number of carbonyl (C=O) groups is 1. The van der Waals surface area contributed by atoms with E-state index in [9.17, 15) is 9.18 Å². The van der Waals surface area contributed by atoms with Gasteiger partial charge in [-0.3, -0.25) is 4.79 Å². The molecule has 5 rings (SSSR count). The standard InChI is InChI=1S/C29H28Cl2FN3O/c1-16-12-24-25(29(2,3)4)21(28(36)34-23-11-7-9-17-8-5-6-10-19(17)23)15-33-35(24)27(16)20-13-18(32)14-22(30)26(20)31/h5-6,8,10,12-15,23H,7,9,11H2,1-4H3,(H,34,36)/t23-/m0/s1. The SMILES string of the molecule is Cc1cc2c(C(C)(C)C)c(C(=O)N[C@H]3CCCc4ccccc43)cnn2c1-c1cc(F)cc(Cl)c1Cl. The van der Waals surface area contributed by atoms with Crippen LogP contribution in [-0.2, 0) is 11.8 Å². The Kier molecular flexibility index (Phi) is 6.34. The molecule has 1 aliphatic carbocycles. The Morgan fingerprint density at radius 2 is 1.92 bits per heavy atom. The van der Waals surface area contributed by atoms with Gasteiger partial charge in [-0.25, -0.2) is 8.91 Å². The van der Waals surface area contributed by atoms with Crippen molar-refractivity contribution in [2.45, 2.75) is 58.4 Å². The molecule has 0 saturated heterocycles. The first-order chi connectivity index (χ1) is 17.1. The molecule has 0 bridgehead atoms. The molecule has 4 nitrogen and oxygen atoms in total. The van der Waals surface area contributed by atoms with E-state index in [1.807, 2.05) is 25.1 Å². The Hall–Kier alpha value is -2.89. The van der Waals surface area contributed by atoms with E-state index in [-0.39, 0.29) is 27.4 Å². The van der Waals surface area contributed by atoms with E-state index in [0.717, 1.165) is 35.9 Å². The maximum absolute atomic E-state index is 14.3. The molecule has 2 aromatic heterocycles. The van der Waals surface area contributed by atoms with Gasteiger partial charge < -0.3 is 5.32 Å². The highest BCUT2D eigenvalue weighted by molar-refractivity contribution is 6.43. The van der Waals surface area contributed by atoms with Crippen LogP contribution in [0, 0.1) is 12.7 Å². The Morgan fingerprint density at radius 1 is 1.17 bits per heavy atom. The van der Waals surface area contributed by atoms with Crippen molar-refractivity contribution in [3.8, 4) is 11.3 Å². The van der Waals surface area contributed by atoms with E-state index in [2.05, 4.69) is 43.3 Å². The van der Waals surface area contributed by atoms with Crippen LogP contribution in [0.3, 0.4) is 0 Å². The van der Waals surface area contributed by atoms with Gasteiger partial charge in [-0.1, -0.05) is 68.2 Å². The second kappa shape index (κ2) is 9.20. The summed E-state index contributed by atoms with van der Waals surface area (Å²) in [6, 6.07) is 12.8. The van der Waals surface area contributed by atoms with E-state index in [1.165, 1.54) is 23.3 Å². The minimum Gasteiger partial charge on any atom is -0.345 e. The molecule has 0 fully saturated rings. The van der Waals surface area contributed by atoms with Crippen LogP contribution in [0.4, 0.5) is 4.39 Å². The van der Waals surface area contributed by atoms with Crippen molar-refractivity contribution in [1.82, 2.24) is 14.9 Å². The van der Waals surface area contributed by atoms with Gasteiger partial charge >= 0.3 is 0 Å². The van der Waals surface area contributed by atoms with Crippen molar-refractivity contribution >= 4 is 34.6 Å². The van der Waals surface area contributed by atoms with Gasteiger partial charge in [-0.05, 0) is 72.1 Å². The lowest BCUT2D eigenvalue weighted by atomic mass is 9.83. The van der Waals surface area contributed by atoms with Crippen molar-refractivity contribution in [3.63, 3.8) is 0 Å². The number of nitrogens with one attached hydrogen (secondary N) is 1. The van der Waals surface area contributed by atoms with Crippen molar-refractivity contribution in [2.24, 2.45) is 0 Å². The maximum atomic E-state index is 14.3. The summed E-state index contributed by atoms with van der Waals surface area (Å²) < 4.78 is 16.0. The molecule has 0 aliphatic heterocycles. The second-order valence-electron chi connectivity index (χ2n) is 10.5. The fraction of sp³-hybridized carbons (Fsp3) is 0.310. The summed E-state index contributed by atoms with van der Waals surface area (Å²) in [7, 11) is 0. The molecule has 186 valence electrons. The average molecular weight is 524 g/mol. The van der Waals surface area contributed by atoms with Gasteiger partial charge in [-0.2, -0.15) is 5.10 Å². The third-order valence-corrected chi connectivity index (χ3v) is 7.71. The molecule has 4 aromatic rings. The fourth-order valence-electron chi connectivity index (χ4n) is 5.39. The van der Waals surface area contributed by atoms with Crippen LogP contribution in [0.5, 0.6) is 0 Å². The number of hydrogen-bond acceptors (Lipinski definition) is 2. The van der Waals surface area contributed by atoms with Crippen molar-refractivity contribution in [3.05, 3.63) is 92.3 Å². The third-order valence-electron chi connectivity index (χ3n) is 6.91. The van der Waals surface area contributed by atoms with Crippen molar-refractivity contribution < 1.29 is 9.18 Å². The normalized spacial score (nSPS) is 15.7. The smallest absolute Gasteiger partial charge is 0.253 e. The number of carbonyl (C=O) groups excluding carboxylic acids is 1. The highest BCUT2D eigenvalue weighted by Gasteiger charge is 2.30. The van der Waals surface area contributed by atoms with Gasteiger partial charge in [-0.15, -0.1) is 0 Å². The Labute approximate surface area is 220 Å². The molecule has 0 saturated carbocycles. The Bertz CT molecular complexity index is 1500. The van der Waals surface area contributed by atoms with Crippen LogP contribution in [0.2, 0.25) is 10.0 Å². The summed E-state index contributed by atoms with van der Waals surface area (Å²) in [6.07, 6.45) is 4.57. The molecule has 0 radical (unpaired) electrons. The van der Waals surface area contributed by atoms with Gasteiger partial charge in [0, 0.05) is 5.56 Å². The lowest BCUT2D eigenvalue weighted by Gasteiger charge is -2.28. The molecule has 36 heavy (non-hydrogen) atoms. The topological polar surface area (TPSA) is 46.4 Å². The number of nitrogens with zero attached hydrogens (tertiary/aromatic N) is 2. The van der Waals surface area contributed by atoms with Crippen LogP contribution in [0.1, 0.15) is 72.3 Å². The molecule has 1 amide bonds. The first-order valence-electron chi connectivity index (χ1n) is 12.1. The van der Waals surface area contributed by atoms with Gasteiger partial charge in [0.25, 0.3) is 5.91 Å². The number of fused-ring (bicyclic) bond motifs is 2. The van der Waals surface area contributed by atoms with Crippen molar-refractivity contribution in [1.29, 1.82) is 0 Å². The van der Waals surface area contributed by atoms with Gasteiger partial charge in [0.2, 0.25) is 0 Å². The van der Waals surface area contributed by atoms with Crippen LogP contribution < -0.4 is 5.32 Å². The summed E-state index contributed by atoms with van der Waals surface area (Å²) in [5.41, 5.74) is 6.25. The first-order valence-corrected chi connectivity index (χ1v) is 12.9. The number of aromatic nitrogens is 2. The summed E-state index contributed by atoms with van der Waals surface area (Å²) in [6.45, 7) is 8.14. The predicted molar refractivity (Wildman–Crippen MR) is 144 cm³/mol. The molecule has 1 aliphatic rings. The molecule has 0 spiro atoms. The molecular formula is C29H28Cl2FN3O. The summed E-state index contributed by atoms with van der Waals surface area (Å²) in [5.74, 6) is -0.627. The minimum absolute atomic E-state index is 0.0381. The second-order valence-corrected chi connectivity index (χ2v) is 11.3. The fourth-order valence-corrected chi connectivity index (χ4v) is 5.80. The zero-order chi connectivity index (χ0) is 25.8. The number of hydrogen-bond donors (Lipinski definition) is 1. The summed E-state index contributed by atoms with van der Waals surface area (Å²) >= 11 is 12.7. The van der Waals surface area contributed by atoms with Crippen LogP contribution in [-0.4, -0.2) is 15.5 Å². The number of halogens is 3. The van der Waals surface area contributed by atoms with E-state index < -0.39 is 5.82 Å². The third kappa shape index (κ3) is 4.29. The highest BCUT2D eigenvalue weighted by atomic mass is 35.5. The van der Waals surface area contributed by atoms with E-state index in [4.69, 9.17) is 23.2 Å². The van der Waals surface area contributed by atoms with E-state index in [1.54, 1.807) is 10.7 Å². The molecular weight excluding hydrogens is 496 g/mol. The van der Waals surface area contributed by atoms with E-state index in [0.29, 0.717) is 16.8 Å². The Balaban J connectivity index is 1.64. The molecule has 0 unspecified atom stereocenters. The molecule has 7 heteroatoms. The van der Waals surface area contributed by atoms with Crippen LogP contribution in [0.25, 0.3) is 16.8 Å². The monoisotopic (exact) mass is 523 g/mol. The number of amides is 1. The lowest BCUT2D eigenvalue weighted by molar-refractivity contribution is 0.0930. The number of rotatable bonds is 3. The first kappa shape index (κ1) is 24.8. The quantitative estimate of drug-likeness (QED) is 0.277. The molecule has 1 N–H and O–H groups in total. The number of aryl methyl sites for hydroxylation is 2. The van der Waals surface area contributed by atoms with Crippen molar-refractivity contribution in [2.75, 3.05) is 0 Å². The zero-order valence-corrected chi connectivity index (χ0v) is 22.3. The Morgan fingerprint density at radius 3 is 2.67 bits per heavy atom. The largest absolute Gasteiger partial charge is 0.345 e. The zero-order valence-electron chi connectivity index (χ0n) is 20.8. The van der Waals surface area contributed by atoms with E-state index >= 15 is 0 Å². The predicted octanol–water partition coefficient (Wildman–Crippen LogP) is 7.86. The van der Waals surface area contributed by atoms with Crippen LogP contribution in [0.15, 0.2) is 48.7 Å². The minimum atomic E-state index is -0.478. The number of benzene rings is 2. The molecule has 2 heterocycles. The highest BCUT2D eigenvalue weighted by Crippen LogP contribution is 2.40. The van der Waals surface area contributed by atoms with Gasteiger partial charge in [0.05, 0.1) is 39.1 Å². The maximum Gasteiger partial charge on any atom is 0.253 e. The summed E-state index contributed by atoms with van der Waals surface area (Å²) in [4.78, 5) is 13.7. The lowest BCUT2D eigenvalue weighted by Crippen LogP contribution is -2.33. The summed E-state index contributed by atoms with van der Waals surface area (Å²) in [5, 5.41) is 8.31. The molecule has 1 atom stereocenters. The average Bonchev–Trinajstić information content (AvgIpc) is 3.15. The molecule has 2 aromatic carbocycles.